The molecule has 0 saturated carbocycles. The lowest BCUT2D eigenvalue weighted by Gasteiger charge is -1.93. The zero-order chi connectivity index (χ0) is 6.69. The van der Waals surface area contributed by atoms with Crippen molar-refractivity contribution >= 4 is 33.6 Å². The number of hydrogen-bond donors (Lipinski definition) is 0. The maximum Gasteiger partial charge on any atom is 0.131 e. The molecule has 0 aliphatic rings. The topological polar surface area (TPSA) is 0 Å². The normalized spacial score (nSPS) is 10.9. The van der Waals surface area contributed by atoms with E-state index in [2.05, 4.69) is 22.0 Å². The van der Waals surface area contributed by atoms with E-state index in [-0.39, 0.29) is 5.82 Å². The third-order valence-corrected chi connectivity index (χ3v) is 3.33. The number of benzene rings is 1. The highest BCUT2D eigenvalue weighted by atomic mass is 127. The van der Waals surface area contributed by atoms with E-state index in [1.165, 1.54) is 6.07 Å². The molecule has 1 unspecified atom stereocenters. The Labute approximate surface area is 68.1 Å². The van der Waals surface area contributed by atoms with Crippen molar-refractivity contribution in [3.63, 3.8) is 0 Å². The lowest BCUT2D eigenvalue weighted by atomic mass is 10.3. The van der Waals surface area contributed by atoms with Gasteiger partial charge in [0, 0.05) is 5.30 Å². The lowest BCUT2D eigenvalue weighted by Crippen LogP contribution is -1.96. The minimum atomic E-state index is -0.0924. The molecule has 3 heteroatoms. The van der Waals surface area contributed by atoms with Crippen LogP contribution in [0.3, 0.4) is 0 Å². The van der Waals surface area contributed by atoms with Gasteiger partial charge in [-0.1, -0.05) is 40.2 Å². The summed E-state index contributed by atoms with van der Waals surface area (Å²) in [6.45, 7) is 0. The summed E-state index contributed by atoms with van der Waals surface area (Å²) in [5.74, 6) is -0.0924. The molecule has 0 spiro atoms. The quantitative estimate of drug-likeness (QED) is 0.533. The molecule has 1 rings (SSSR count). The Morgan fingerprint density at radius 2 is 2.00 bits per heavy atom. The SMILES string of the molecule is Fc1ccccc1PI. The Hall–Kier alpha value is 0.310. The smallest absolute Gasteiger partial charge is 0.131 e. The van der Waals surface area contributed by atoms with Gasteiger partial charge in [0.15, 0.2) is 0 Å². The zero-order valence-corrected chi connectivity index (χ0v) is 7.72. The number of rotatable bonds is 1. The molecule has 0 aliphatic carbocycles. The predicted molar refractivity (Wildman–Crippen MR) is 48.4 cm³/mol. The average Bonchev–Trinajstić information content (AvgIpc) is 1.89. The highest BCUT2D eigenvalue weighted by Crippen LogP contribution is 2.20. The van der Waals surface area contributed by atoms with Crippen molar-refractivity contribution in [2.45, 2.75) is 0 Å². The molecule has 0 aromatic heterocycles. The first-order valence-electron chi connectivity index (χ1n) is 2.46. The van der Waals surface area contributed by atoms with Gasteiger partial charge in [-0.15, -0.1) is 0 Å². The summed E-state index contributed by atoms with van der Waals surface area (Å²) < 4.78 is 12.6. The summed E-state index contributed by atoms with van der Waals surface area (Å²) >= 11 is 2.17. The van der Waals surface area contributed by atoms with Crippen LogP contribution >= 0.6 is 28.3 Å². The summed E-state index contributed by atoms with van der Waals surface area (Å²) in [5, 5.41) is 0.804. The number of hydrogen-bond acceptors (Lipinski definition) is 0. The van der Waals surface area contributed by atoms with Gasteiger partial charge in [0.2, 0.25) is 0 Å². The largest absolute Gasteiger partial charge is 0.206 e. The van der Waals surface area contributed by atoms with Crippen molar-refractivity contribution in [3.8, 4) is 0 Å². The monoisotopic (exact) mass is 254 g/mol. The van der Waals surface area contributed by atoms with Crippen LogP contribution in [-0.2, 0) is 0 Å². The molecule has 48 valence electrons. The van der Waals surface area contributed by atoms with Crippen molar-refractivity contribution in [2.75, 3.05) is 0 Å². The van der Waals surface area contributed by atoms with E-state index in [0.29, 0.717) is 6.22 Å². The second-order valence-corrected chi connectivity index (χ2v) is 3.92. The van der Waals surface area contributed by atoms with Crippen LogP contribution < -0.4 is 5.30 Å². The number of halogens is 2. The molecule has 0 radical (unpaired) electrons. The van der Waals surface area contributed by atoms with E-state index in [4.69, 9.17) is 0 Å². The Kier molecular flexibility index (Phi) is 2.86. The lowest BCUT2D eigenvalue weighted by molar-refractivity contribution is 0.636. The van der Waals surface area contributed by atoms with Gasteiger partial charge in [-0.25, -0.2) is 4.39 Å². The van der Waals surface area contributed by atoms with Gasteiger partial charge in [0.05, 0.1) is 0 Å². The minimum absolute atomic E-state index is 0.0924. The van der Waals surface area contributed by atoms with Crippen molar-refractivity contribution in [3.05, 3.63) is 30.1 Å². The van der Waals surface area contributed by atoms with Crippen LogP contribution in [0.4, 0.5) is 4.39 Å². The molecular weight excluding hydrogens is 249 g/mol. The summed E-state index contributed by atoms with van der Waals surface area (Å²) in [6.07, 6.45) is 0.524. The van der Waals surface area contributed by atoms with Crippen molar-refractivity contribution in [1.82, 2.24) is 0 Å². The zero-order valence-electron chi connectivity index (χ0n) is 4.57. The van der Waals surface area contributed by atoms with E-state index in [9.17, 15) is 4.39 Å². The molecule has 0 fully saturated rings. The summed E-state index contributed by atoms with van der Waals surface area (Å²) in [7, 11) is 0. The summed E-state index contributed by atoms with van der Waals surface area (Å²) in [6, 6.07) is 6.85. The third-order valence-electron chi connectivity index (χ3n) is 0.976. The fourth-order valence-corrected chi connectivity index (χ4v) is 2.18. The van der Waals surface area contributed by atoms with E-state index in [1.54, 1.807) is 12.1 Å². The highest BCUT2D eigenvalue weighted by Gasteiger charge is 1.94. The summed E-state index contributed by atoms with van der Waals surface area (Å²) in [5.41, 5.74) is 0. The van der Waals surface area contributed by atoms with Crippen LogP contribution in [0.5, 0.6) is 0 Å². The van der Waals surface area contributed by atoms with Crippen molar-refractivity contribution in [1.29, 1.82) is 0 Å². The molecule has 0 heterocycles. The van der Waals surface area contributed by atoms with E-state index in [1.807, 2.05) is 6.07 Å². The second-order valence-electron chi connectivity index (χ2n) is 1.57. The van der Waals surface area contributed by atoms with Crippen LogP contribution in [0.2, 0.25) is 0 Å². The molecule has 0 saturated heterocycles. The standard InChI is InChI=1S/C6H5FIP/c7-5-3-1-2-4-6(5)9-8/h1-4,9H. The molecule has 0 bridgehead atoms. The van der Waals surface area contributed by atoms with Gasteiger partial charge in [0.1, 0.15) is 5.82 Å². The first kappa shape index (κ1) is 7.42. The fourth-order valence-electron chi connectivity index (χ4n) is 0.538. The van der Waals surface area contributed by atoms with Gasteiger partial charge < -0.3 is 0 Å². The molecular formula is C6H5FIP. The van der Waals surface area contributed by atoms with Crippen molar-refractivity contribution < 1.29 is 4.39 Å². The van der Waals surface area contributed by atoms with Gasteiger partial charge in [-0.05, 0) is 12.3 Å². The van der Waals surface area contributed by atoms with Crippen LogP contribution in [-0.4, -0.2) is 0 Å². The van der Waals surface area contributed by atoms with Gasteiger partial charge in [0.25, 0.3) is 0 Å². The molecule has 0 nitrogen and oxygen atoms in total. The predicted octanol–water partition coefficient (Wildman–Crippen LogP) is 2.48. The molecule has 0 amide bonds. The van der Waals surface area contributed by atoms with Crippen LogP contribution in [0, 0.1) is 5.82 Å². The van der Waals surface area contributed by atoms with Crippen LogP contribution in [0.15, 0.2) is 24.3 Å². The maximum absolute atomic E-state index is 12.6. The van der Waals surface area contributed by atoms with E-state index >= 15 is 0 Å². The first-order chi connectivity index (χ1) is 4.34. The fraction of sp³-hybridized carbons (Fsp3) is 0. The first-order valence-corrected chi connectivity index (χ1v) is 6.57. The van der Waals surface area contributed by atoms with Crippen LogP contribution in [0.1, 0.15) is 0 Å². The van der Waals surface area contributed by atoms with Gasteiger partial charge >= 0.3 is 0 Å². The molecule has 9 heavy (non-hydrogen) atoms. The second kappa shape index (κ2) is 3.47. The molecule has 0 aliphatic heterocycles. The van der Waals surface area contributed by atoms with Crippen LogP contribution in [0.25, 0.3) is 0 Å². The molecule has 0 N–H and O–H groups in total. The Bertz CT molecular complexity index is 202. The Morgan fingerprint density at radius 1 is 1.33 bits per heavy atom. The van der Waals surface area contributed by atoms with Crippen molar-refractivity contribution in [2.24, 2.45) is 0 Å². The molecule has 1 atom stereocenters. The van der Waals surface area contributed by atoms with E-state index < -0.39 is 0 Å². The third kappa shape index (κ3) is 1.87. The van der Waals surface area contributed by atoms with Gasteiger partial charge in [-0.3, -0.25) is 0 Å². The Morgan fingerprint density at radius 3 is 2.44 bits per heavy atom. The highest BCUT2D eigenvalue weighted by molar-refractivity contribution is 14.2. The molecule has 1 aromatic carbocycles. The average molecular weight is 254 g/mol. The maximum atomic E-state index is 12.6. The van der Waals surface area contributed by atoms with E-state index in [0.717, 1.165) is 5.30 Å². The summed E-state index contributed by atoms with van der Waals surface area (Å²) in [4.78, 5) is 0. The minimum Gasteiger partial charge on any atom is -0.206 e. The molecule has 1 aromatic rings. The van der Waals surface area contributed by atoms with Gasteiger partial charge in [-0.2, -0.15) is 0 Å². The Balaban J connectivity index is 3.01.